The lowest BCUT2D eigenvalue weighted by atomic mass is 10.2. The van der Waals surface area contributed by atoms with Crippen molar-refractivity contribution in [3.63, 3.8) is 0 Å². The molecule has 1 fully saturated rings. The lowest BCUT2D eigenvalue weighted by Gasteiger charge is -2.11. The van der Waals surface area contributed by atoms with Gasteiger partial charge in [-0.1, -0.05) is 0 Å². The standard InChI is InChI=1S/C11H18N4O3/c1-15-10(9(5-13-15)11(16)14-12)7-17-6-8-3-2-4-18-8/h5,8H,2-4,6-7,12H2,1H3,(H,14,16)/t8-/m1/s1. The van der Waals surface area contributed by atoms with E-state index in [1.807, 2.05) is 0 Å². The van der Waals surface area contributed by atoms with E-state index in [-0.39, 0.29) is 12.0 Å². The van der Waals surface area contributed by atoms with Crippen LogP contribution in [0, 0.1) is 0 Å². The number of carbonyl (C=O) groups is 1. The monoisotopic (exact) mass is 254 g/mol. The van der Waals surface area contributed by atoms with Crippen molar-refractivity contribution in [2.24, 2.45) is 12.9 Å². The van der Waals surface area contributed by atoms with Crippen molar-refractivity contribution in [3.8, 4) is 0 Å². The van der Waals surface area contributed by atoms with Gasteiger partial charge >= 0.3 is 0 Å². The number of amides is 1. The van der Waals surface area contributed by atoms with Gasteiger partial charge in [-0.05, 0) is 12.8 Å². The highest BCUT2D eigenvalue weighted by Gasteiger charge is 2.18. The van der Waals surface area contributed by atoms with E-state index in [1.54, 1.807) is 11.7 Å². The van der Waals surface area contributed by atoms with Gasteiger partial charge in [0.05, 0.1) is 36.8 Å². The van der Waals surface area contributed by atoms with E-state index in [0.717, 1.165) is 19.4 Å². The zero-order chi connectivity index (χ0) is 13.0. The number of carbonyl (C=O) groups excluding carboxylic acids is 1. The molecular weight excluding hydrogens is 236 g/mol. The molecule has 2 rings (SSSR count). The fourth-order valence-corrected chi connectivity index (χ4v) is 1.96. The van der Waals surface area contributed by atoms with Crippen LogP contribution in [0.15, 0.2) is 6.20 Å². The third kappa shape index (κ3) is 2.87. The van der Waals surface area contributed by atoms with Crippen molar-refractivity contribution in [2.75, 3.05) is 13.2 Å². The molecule has 0 unspecified atom stereocenters. The second-order valence-corrected chi connectivity index (χ2v) is 4.25. The van der Waals surface area contributed by atoms with Crippen LogP contribution < -0.4 is 11.3 Å². The molecule has 0 aliphatic carbocycles. The number of nitrogens with one attached hydrogen (secondary N) is 1. The number of ether oxygens (including phenoxy) is 2. The van der Waals surface area contributed by atoms with Crippen molar-refractivity contribution in [2.45, 2.75) is 25.6 Å². The molecule has 100 valence electrons. The van der Waals surface area contributed by atoms with Crippen LogP contribution in [0.25, 0.3) is 0 Å². The topological polar surface area (TPSA) is 91.4 Å². The van der Waals surface area contributed by atoms with Gasteiger partial charge in [0.1, 0.15) is 0 Å². The summed E-state index contributed by atoms with van der Waals surface area (Å²) in [5.41, 5.74) is 3.24. The number of hydrogen-bond acceptors (Lipinski definition) is 5. The van der Waals surface area contributed by atoms with Gasteiger partial charge < -0.3 is 9.47 Å². The Morgan fingerprint density at radius 2 is 2.61 bits per heavy atom. The first kappa shape index (κ1) is 13.0. The summed E-state index contributed by atoms with van der Waals surface area (Å²) in [6.45, 7) is 1.66. The fraction of sp³-hybridized carbons (Fsp3) is 0.636. The molecule has 1 atom stereocenters. The number of rotatable bonds is 5. The molecule has 1 aliphatic heterocycles. The van der Waals surface area contributed by atoms with Crippen molar-refractivity contribution < 1.29 is 14.3 Å². The first-order valence-electron chi connectivity index (χ1n) is 5.93. The first-order chi connectivity index (χ1) is 8.72. The number of nitrogens with zero attached hydrogens (tertiary/aromatic N) is 2. The molecule has 0 saturated carbocycles. The molecule has 2 heterocycles. The maximum atomic E-state index is 11.5. The average Bonchev–Trinajstić information content (AvgIpc) is 3.00. The van der Waals surface area contributed by atoms with Crippen molar-refractivity contribution in [1.82, 2.24) is 15.2 Å². The normalized spacial score (nSPS) is 19.1. The number of hydrogen-bond donors (Lipinski definition) is 2. The van der Waals surface area contributed by atoms with Gasteiger partial charge in [0.25, 0.3) is 5.91 Å². The molecule has 1 amide bonds. The van der Waals surface area contributed by atoms with Crippen LogP contribution in [-0.4, -0.2) is 35.0 Å². The molecule has 7 nitrogen and oxygen atoms in total. The van der Waals surface area contributed by atoms with E-state index in [9.17, 15) is 4.79 Å². The van der Waals surface area contributed by atoms with Crippen LogP contribution in [0.2, 0.25) is 0 Å². The number of nitrogens with two attached hydrogens (primary N) is 1. The summed E-state index contributed by atoms with van der Waals surface area (Å²) in [5, 5.41) is 4.03. The summed E-state index contributed by atoms with van der Waals surface area (Å²) in [7, 11) is 1.76. The third-order valence-electron chi connectivity index (χ3n) is 3.00. The van der Waals surface area contributed by atoms with E-state index < -0.39 is 0 Å². The Morgan fingerprint density at radius 1 is 1.78 bits per heavy atom. The van der Waals surface area contributed by atoms with Crippen LogP contribution >= 0.6 is 0 Å². The van der Waals surface area contributed by atoms with Crippen LogP contribution in [0.1, 0.15) is 28.9 Å². The van der Waals surface area contributed by atoms with Crippen LogP contribution in [0.3, 0.4) is 0 Å². The maximum absolute atomic E-state index is 11.5. The second-order valence-electron chi connectivity index (χ2n) is 4.25. The van der Waals surface area contributed by atoms with Gasteiger partial charge in [-0.3, -0.25) is 14.9 Å². The Balaban J connectivity index is 1.91. The highest BCUT2D eigenvalue weighted by atomic mass is 16.5. The highest BCUT2D eigenvalue weighted by Crippen LogP contribution is 2.14. The quantitative estimate of drug-likeness (QED) is 0.428. The predicted octanol–water partition coefficient (Wildman–Crippen LogP) is -0.281. The minimum atomic E-state index is -0.362. The number of hydrazine groups is 1. The van der Waals surface area contributed by atoms with E-state index in [0.29, 0.717) is 24.5 Å². The maximum Gasteiger partial charge on any atom is 0.268 e. The number of aromatic nitrogens is 2. The number of aryl methyl sites for hydroxylation is 1. The zero-order valence-electron chi connectivity index (χ0n) is 10.4. The molecule has 0 aromatic carbocycles. The molecule has 18 heavy (non-hydrogen) atoms. The molecule has 1 aromatic rings. The first-order valence-corrected chi connectivity index (χ1v) is 5.93. The van der Waals surface area contributed by atoms with E-state index in [2.05, 4.69) is 10.5 Å². The highest BCUT2D eigenvalue weighted by molar-refractivity contribution is 5.94. The van der Waals surface area contributed by atoms with Gasteiger partial charge in [-0.15, -0.1) is 0 Å². The molecule has 3 N–H and O–H groups in total. The van der Waals surface area contributed by atoms with Crippen molar-refractivity contribution in [3.05, 3.63) is 17.5 Å². The molecule has 1 saturated heterocycles. The molecule has 0 spiro atoms. The average molecular weight is 254 g/mol. The Morgan fingerprint density at radius 3 is 3.28 bits per heavy atom. The molecule has 0 radical (unpaired) electrons. The summed E-state index contributed by atoms with van der Waals surface area (Å²) in [5.74, 6) is 4.75. The summed E-state index contributed by atoms with van der Waals surface area (Å²) in [4.78, 5) is 11.5. The van der Waals surface area contributed by atoms with Crippen LogP contribution in [0.5, 0.6) is 0 Å². The van der Waals surface area contributed by atoms with Gasteiger partial charge in [0.2, 0.25) is 0 Å². The smallest absolute Gasteiger partial charge is 0.268 e. The fourth-order valence-electron chi connectivity index (χ4n) is 1.96. The summed E-state index contributed by atoms with van der Waals surface area (Å²) < 4.78 is 12.6. The Kier molecular flexibility index (Phi) is 4.29. The zero-order valence-corrected chi connectivity index (χ0v) is 10.4. The summed E-state index contributed by atoms with van der Waals surface area (Å²) >= 11 is 0. The molecule has 7 heteroatoms. The predicted molar refractivity (Wildman–Crippen MR) is 63.5 cm³/mol. The Labute approximate surface area is 105 Å². The lowest BCUT2D eigenvalue weighted by molar-refractivity contribution is 0.00866. The van der Waals surface area contributed by atoms with Gasteiger partial charge in [0, 0.05) is 13.7 Å². The van der Waals surface area contributed by atoms with Gasteiger partial charge in [-0.2, -0.15) is 5.10 Å². The van der Waals surface area contributed by atoms with Crippen molar-refractivity contribution >= 4 is 5.91 Å². The minimum absolute atomic E-state index is 0.171. The Hall–Kier alpha value is -1.44. The molecule has 0 bridgehead atoms. The number of nitrogen functional groups attached to an aromatic ring is 1. The summed E-state index contributed by atoms with van der Waals surface area (Å²) in [6.07, 6.45) is 3.76. The van der Waals surface area contributed by atoms with Crippen LogP contribution in [0.4, 0.5) is 0 Å². The lowest BCUT2D eigenvalue weighted by Crippen LogP contribution is -2.30. The van der Waals surface area contributed by atoms with Crippen molar-refractivity contribution in [1.29, 1.82) is 0 Å². The summed E-state index contributed by atoms with van der Waals surface area (Å²) in [6, 6.07) is 0. The molecular formula is C11H18N4O3. The third-order valence-corrected chi connectivity index (χ3v) is 3.00. The second kappa shape index (κ2) is 5.94. The van der Waals surface area contributed by atoms with E-state index >= 15 is 0 Å². The van der Waals surface area contributed by atoms with E-state index in [1.165, 1.54) is 6.20 Å². The van der Waals surface area contributed by atoms with E-state index in [4.69, 9.17) is 15.3 Å². The molecule has 1 aromatic heterocycles. The Bertz CT molecular complexity index is 412. The largest absolute Gasteiger partial charge is 0.376 e. The van der Waals surface area contributed by atoms with Crippen LogP contribution in [-0.2, 0) is 23.1 Å². The SMILES string of the molecule is Cn1ncc(C(=O)NN)c1COC[C@H]1CCCO1. The molecule has 1 aliphatic rings. The minimum Gasteiger partial charge on any atom is -0.376 e. The van der Waals surface area contributed by atoms with Gasteiger partial charge in [0.15, 0.2) is 0 Å². The van der Waals surface area contributed by atoms with Gasteiger partial charge in [-0.25, -0.2) is 5.84 Å².